The van der Waals surface area contributed by atoms with Gasteiger partial charge in [0, 0.05) is 36.4 Å². The van der Waals surface area contributed by atoms with E-state index in [2.05, 4.69) is 58.2 Å². The molecular formula is C17H27BrN2O. The van der Waals surface area contributed by atoms with Crippen LogP contribution in [0.3, 0.4) is 0 Å². The number of nitrogens with zero attached hydrogens (tertiary/aromatic N) is 1. The summed E-state index contributed by atoms with van der Waals surface area (Å²) in [5.74, 6) is 0.849. The molecule has 0 saturated heterocycles. The quantitative estimate of drug-likeness (QED) is 0.729. The molecule has 0 radical (unpaired) electrons. The molecule has 4 heteroatoms. The van der Waals surface area contributed by atoms with Gasteiger partial charge in [0.1, 0.15) is 0 Å². The molecule has 1 saturated carbocycles. The molecule has 1 aromatic rings. The molecule has 1 fully saturated rings. The Balaban J connectivity index is 2.12. The van der Waals surface area contributed by atoms with E-state index in [1.165, 1.54) is 28.6 Å². The third-order valence-corrected chi connectivity index (χ3v) is 5.00. The maximum absolute atomic E-state index is 5.29. The van der Waals surface area contributed by atoms with Gasteiger partial charge in [-0.2, -0.15) is 0 Å². The highest BCUT2D eigenvalue weighted by atomic mass is 79.9. The number of hydrogen-bond donors (Lipinski definition) is 1. The SMILES string of the molecule is CCNCc1ccc(N(CCOC)C(C)C2CC2)cc1Br. The lowest BCUT2D eigenvalue weighted by Crippen LogP contribution is -2.37. The molecule has 1 aliphatic carbocycles. The van der Waals surface area contributed by atoms with Crippen molar-refractivity contribution in [1.82, 2.24) is 5.32 Å². The fourth-order valence-electron chi connectivity index (χ4n) is 2.71. The number of methoxy groups -OCH3 is 1. The molecule has 1 N–H and O–H groups in total. The largest absolute Gasteiger partial charge is 0.383 e. The van der Waals surface area contributed by atoms with Gasteiger partial charge in [-0.1, -0.05) is 28.9 Å². The van der Waals surface area contributed by atoms with Crippen molar-refractivity contribution in [3.63, 3.8) is 0 Å². The molecule has 0 heterocycles. The molecule has 0 bridgehead atoms. The zero-order chi connectivity index (χ0) is 15.2. The van der Waals surface area contributed by atoms with E-state index in [1.807, 2.05) is 0 Å². The topological polar surface area (TPSA) is 24.5 Å². The normalized spacial score (nSPS) is 16.0. The monoisotopic (exact) mass is 354 g/mol. The minimum atomic E-state index is 0.590. The van der Waals surface area contributed by atoms with Crippen molar-refractivity contribution >= 4 is 21.6 Å². The van der Waals surface area contributed by atoms with Crippen LogP contribution in [0, 0.1) is 5.92 Å². The molecule has 0 aliphatic heterocycles. The first kappa shape index (κ1) is 16.8. The van der Waals surface area contributed by atoms with E-state index < -0.39 is 0 Å². The smallest absolute Gasteiger partial charge is 0.0637 e. The van der Waals surface area contributed by atoms with Crippen LogP contribution in [0.4, 0.5) is 5.69 Å². The third-order valence-electron chi connectivity index (χ3n) is 4.27. The maximum Gasteiger partial charge on any atom is 0.0637 e. The van der Waals surface area contributed by atoms with E-state index in [-0.39, 0.29) is 0 Å². The van der Waals surface area contributed by atoms with Crippen molar-refractivity contribution in [3.05, 3.63) is 28.2 Å². The van der Waals surface area contributed by atoms with Crippen LogP contribution in [0.25, 0.3) is 0 Å². The lowest BCUT2D eigenvalue weighted by atomic mass is 10.1. The van der Waals surface area contributed by atoms with Gasteiger partial charge in [0.2, 0.25) is 0 Å². The number of halogens is 1. The van der Waals surface area contributed by atoms with Gasteiger partial charge < -0.3 is 15.0 Å². The van der Waals surface area contributed by atoms with Crippen molar-refractivity contribution in [2.45, 2.75) is 39.3 Å². The summed E-state index contributed by atoms with van der Waals surface area (Å²) in [6, 6.07) is 7.31. The number of anilines is 1. The first-order valence-electron chi connectivity index (χ1n) is 7.92. The van der Waals surface area contributed by atoms with Gasteiger partial charge in [-0.05, 0) is 49.9 Å². The summed E-state index contributed by atoms with van der Waals surface area (Å²) in [6.07, 6.45) is 2.73. The first-order chi connectivity index (χ1) is 10.2. The van der Waals surface area contributed by atoms with Crippen LogP contribution in [0.1, 0.15) is 32.3 Å². The van der Waals surface area contributed by atoms with Crippen molar-refractivity contribution in [2.24, 2.45) is 5.92 Å². The average Bonchev–Trinajstić information content (AvgIpc) is 3.31. The molecular weight excluding hydrogens is 328 g/mol. The fraction of sp³-hybridized carbons (Fsp3) is 0.647. The first-order valence-corrected chi connectivity index (χ1v) is 8.71. The van der Waals surface area contributed by atoms with E-state index in [0.717, 1.165) is 32.2 Å². The van der Waals surface area contributed by atoms with Gasteiger partial charge in [0.25, 0.3) is 0 Å². The number of hydrogen-bond acceptors (Lipinski definition) is 3. The van der Waals surface area contributed by atoms with Gasteiger partial charge in [-0.3, -0.25) is 0 Å². The minimum Gasteiger partial charge on any atom is -0.383 e. The summed E-state index contributed by atoms with van der Waals surface area (Å²) in [5, 5.41) is 3.38. The number of nitrogens with one attached hydrogen (secondary N) is 1. The molecule has 118 valence electrons. The van der Waals surface area contributed by atoms with Crippen LogP contribution in [0.2, 0.25) is 0 Å². The highest BCUT2D eigenvalue weighted by molar-refractivity contribution is 9.10. The van der Waals surface area contributed by atoms with Crippen molar-refractivity contribution in [2.75, 3.05) is 31.7 Å². The lowest BCUT2D eigenvalue weighted by molar-refractivity contribution is 0.202. The Morgan fingerprint density at radius 2 is 2.19 bits per heavy atom. The van der Waals surface area contributed by atoms with Crippen molar-refractivity contribution in [1.29, 1.82) is 0 Å². The Kier molecular flexibility index (Phi) is 6.52. The van der Waals surface area contributed by atoms with Gasteiger partial charge in [0.05, 0.1) is 6.61 Å². The predicted octanol–water partition coefficient (Wildman–Crippen LogP) is 3.81. The Bertz CT molecular complexity index is 448. The number of benzene rings is 1. The summed E-state index contributed by atoms with van der Waals surface area (Å²) < 4.78 is 6.47. The summed E-state index contributed by atoms with van der Waals surface area (Å²) in [5.41, 5.74) is 2.60. The van der Waals surface area contributed by atoms with Gasteiger partial charge in [-0.25, -0.2) is 0 Å². The van der Waals surface area contributed by atoms with E-state index in [4.69, 9.17) is 4.74 Å². The van der Waals surface area contributed by atoms with Gasteiger partial charge in [0.15, 0.2) is 0 Å². The maximum atomic E-state index is 5.29. The highest BCUT2D eigenvalue weighted by Crippen LogP contribution is 2.37. The molecule has 1 atom stereocenters. The van der Waals surface area contributed by atoms with E-state index in [9.17, 15) is 0 Å². The van der Waals surface area contributed by atoms with Crippen LogP contribution in [0.15, 0.2) is 22.7 Å². The van der Waals surface area contributed by atoms with Crippen molar-refractivity contribution < 1.29 is 4.74 Å². The highest BCUT2D eigenvalue weighted by Gasteiger charge is 2.32. The molecule has 0 amide bonds. The standard InChI is InChI=1S/C17H27BrN2O/c1-4-19-12-15-7-8-16(11-17(15)18)20(9-10-21-3)13(2)14-5-6-14/h7-8,11,13-14,19H,4-6,9-10,12H2,1-3H3. The second-order valence-electron chi connectivity index (χ2n) is 5.82. The molecule has 0 spiro atoms. The molecule has 3 nitrogen and oxygen atoms in total. The Morgan fingerprint density at radius 1 is 1.43 bits per heavy atom. The van der Waals surface area contributed by atoms with Crippen LogP contribution in [-0.4, -0.2) is 32.8 Å². The van der Waals surface area contributed by atoms with Crippen LogP contribution in [-0.2, 0) is 11.3 Å². The zero-order valence-electron chi connectivity index (χ0n) is 13.4. The van der Waals surface area contributed by atoms with Crippen molar-refractivity contribution in [3.8, 4) is 0 Å². The van der Waals surface area contributed by atoms with Crippen LogP contribution in [0.5, 0.6) is 0 Å². The molecule has 2 rings (SSSR count). The second kappa shape index (κ2) is 8.16. The second-order valence-corrected chi connectivity index (χ2v) is 6.67. The van der Waals surface area contributed by atoms with E-state index >= 15 is 0 Å². The fourth-order valence-corrected chi connectivity index (χ4v) is 3.22. The minimum absolute atomic E-state index is 0.590. The molecule has 0 aromatic heterocycles. The van der Waals surface area contributed by atoms with Gasteiger partial charge >= 0.3 is 0 Å². The lowest BCUT2D eigenvalue weighted by Gasteiger charge is -2.32. The molecule has 1 unspecified atom stereocenters. The third kappa shape index (κ3) is 4.70. The zero-order valence-corrected chi connectivity index (χ0v) is 14.9. The number of ether oxygens (including phenoxy) is 1. The Labute approximate surface area is 137 Å². The average molecular weight is 355 g/mol. The predicted molar refractivity (Wildman–Crippen MR) is 92.9 cm³/mol. The summed E-state index contributed by atoms with van der Waals surface area (Å²) in [4.78, 5) is 2.49. The van der Waals surface area contributed by atoms with E-state index in [0.29, 0.717) is 6.04 Å². The molecule has 1 aliphatic rings. The summed E-state index contributed by atoms with van der Waals surface area (Å²) >= 11 is 3.72. The number of rotatable bonds is 9. The molecule has 21 heavy (non-hydrogen) atoms. The van der Waals surface area contributed by atoms with Crippen LogP contribution < -0.4 is 10.2 Å². The summed E-state index contributed by atoms with van der Waals surface area (Å²) in [7, 11) is 1.77. The van der Waals surface area contributed by atoms with Crippen LogP contribution >= 0.6 is 15.9 Å². The Hall–Kier alpha value is -0.580. The summed E-state index contributed by atoms with van der Waals surface area (Å²) in [6.45, 7) is 8.10. The van der Waals surface area contributed by atoms with E-state index in [1.54, 1.807) is 7.11 Å². The molecule has 1 aromatic carbocycles. The Morgan fingerprint density at radius 3 is 2.76 bits per heavy atom. The van der Waals surface area contributed by atoms with Gasteiger partial charge in [-0.15, -0.1) is 0 Å².